The van der Waals surface area contributed by atoms with Gasteiger partial charge in [-0.15, -0.1) is 0 Å². The largest absolute Gasteiger partial charge is 0.0651 e. The molecule has 0 heteroatoms. The summed E-state index contributed by atoms with van der Waals surface area (Å²) >= 11 is 0. The molecule has 0 heterocycles. The van der Waals surface area contributed by atoms with Crippen molar-refractivity contribution in [3.63, 3.8) is 0 Å². The molecule has 0 radical (unpaired) electrons. The predicted octanol–water partition coefficient (Wildman–Crippen LogP) is 3.61. The zero-order valence-corrected chi connectivity index (χ0v) is 7.90. The lowest BCUT2D eigenvalue weighted by atomic mass is 9.96. The highest BCUT2D eigenvalue weighted by Gasteiger charge is 2.50. The lowest BCUT2D eigenvalue weighted by Crippen LogP contribution is -1.98. The lowest BCUT2D eigenvalue weighted by molar-refractivity contribution is 0.420. The van der Waals surface area contributed by atoms with Gasteiger partial charge >= 0.3 is 0 Å². The Balaban J connectivity index is 1.95. The second-order valence-electron chi connectivity index (χ2n) is 4.96. The van der Waals surface area contributed by atoms with Crippen LogP contribution in [0.3, 0.4) is 0 Å². The minimum Gasteiger partial charge on any atom is -0.0651 e. The second kappa shape index (κ2) is 2.50. The molecule has 0 aliphatic heterocycles. The van der Waals surface area contributed by atoms with Gasteiger partial charge in [-0.2, -0.15) is 0 Å². The third-order valence-electron chi connectivity index (χ3n) is 4.09. The summed E-state index contributed by atoms with van der Waals surface area (Å²) < 4.78 is 0. The molecule has 0 spiro atoms. The molecule has 3 unspecified atom stereocenters. The molecule has 64 valence electrons. The van der Waals surface area contributed by atoms with Crippen LogP contribution in [-0.4, -0.2) is 0 Å². The lowest BCUT2D eigenvalue weighted by Gasteiger charge is -2.10. The zero-order valence-electron chi connectivity index (χ0n) is 7.90. The van der Waals surface area contributed by atoms with E-state index in [1.54, 1.807) is 12.8 Å². The van der Waals surface area contributed by atoms with Crippen LogP contribution in [0.25, 0.3) is 0 Å². The van der Waals surface area contributed by atoms with Crippen LogP contribution in [0, 0.1) is 17.3 Å². The smallest absolute Gasteiger partial charge is 0.0294 e. The first-order chi connectivity index (χ1) is 5.24. The van der Waals surface area contributed by atoms with Crippen molar-refractivity contribution >= 4 is 0 Å². The van der Waals surface area contributed by atoms with Gasteiger partial charge in [0.2, 0.25) is 0 Å². The molecule has 0 N–H and O–H groups in total. The molecule has 11 heavy (non-hydrogen) atoms. The normalized spacial score (nSPS) is 49.6. The number of hydrogen-bond donors (Lipinski definition) is 0. The summed E-state index contributed by atoms with van der Waals surface area (Å²) in [7, 11) is 0. The number of rotatable bonds is 1. The Morgan fingerprint density at radius 2 is 2.27 bits per heavy atom. The molecule has 0 amide bonds. The first-order valence-electron chi connectivity index (χ1n) is 5.24. The summed E-state index contributed by atoms with van der Waals surface area (Å²) in [5.41, 5.74) is 0.809. The van der Waals surface area contributed by atoms with E-state index in [0.717, 1.165) is 17.3 Å². The third kappa shape index (κ3) is 1.32. The maximum atomic E-state index is 2.50. The fraction of sp³-hybridized carbons (Fsp3) is 1.00. The fourth-order valence-electron chi connectivity index (χ4n) is 2.86. The van der Waals surface area contributed by atoms with Gasteiger partial charge < -0.3 is 0 Å². The summed E-state index contributed by atoms with van der Waals surface area (Å²) in [6.45, 7) is 4.85. The molecule has 2 aliphatic carbocycles. The van der Waals surface area contributed by atoms with Crippen LogP contribution in [0.5, 0.6) is 0 Å². The van der Waals surface area contributed by atoms with Gasteiger partial charge in [-0.1, -0.05) is 33.1 Å². The Hall–Kier alpha value is 0. The molecule has 0 bridgehead atoms. The standard InChI is InChI=1S/C11H20/c1-3-9-5-4-6-11(2)8-10(11)7-9/h9-10H,3-8H2,1-2H3. The van der Waals surface area contributed by atoms with Crippen LogP contribution in [0.2, 0.25) is 0 Å². The molecule has 0 nitrogen and oxygen atoms in total. The van der Waals surface area contributed by atoms with Gasteiger partial charge in [0.25, 0.3) is 0 Å². The van der Waals surface area contributed by atoms with Crippen molar-refractivity contribution in [2.45, 2.75) is 52.4 Å². The van der Waals surface area contributed by atoms with Gasteiger partial charge in [-0.05, 0) is 36.5 Å². The van der Waals surface area contributed by atoms with E-state index in [2.05, 4.69) is 13.8 Å². The molecule has 2 fully saturated rings. The van der Waals surface area contributed by atoms with E-state index in [1.165, 1.54) is 25.7 Å². The summed E-state index contributed by atoms with van der Waals surface area (Å²) in [4.78, 5) is 0. The topological polar surface area (TPSA) is 0 Å². The van der Waals surface area contributed by atoms with Crippen molar-refractivity contribution in [3.05, 3.63) is 0 Å². The molecule has 0 aromatic heterocycles. The van der Waals surface area contributed by atoms with Crippen molar-refractivity contribution in [2.24, 2.45) is 17.3 Å². The van der Waals surface area contributed by atoms with Crippen molar-refractivity contribution in [1.82, 2.24) is 0 Å². The van der Waals surface area contributed by atoms with Gasteiger partial charge in [0.05, 0.1) is 0 Å². The van der Waals surface area contributed by atoms with E-state index in [9.17, 15) is 0 Å². The van der Waals surface area contributed by atoms with Gasteiger partial charge in [0.15, 0.2) is 0 Å². The molecular formula is C11H20. The highest BCUT2D eigenvalue weighted by molar-refractivity contribution is 5.00. The Kier molecular flexibility index (Phi) is 1.74. The first kappa shape index (κ1) is 7.64. The van der Waals surface area contributed by atoms with Crippen molar-refractivity contribution in [3.8, 4) is 0 Å². The van der Waals surface area contributed by atoms with Gasteiger partial charge in [-0.25, -0.2) is 0 Å². The van der Waals surface area contributed by atoms with Crippen LogP contribution in [0.15, 0.2) is 0 Å². The van der Waals surface area contributed by atoms with Crippen LogP contribution in [0.4, 0.5) is 0 Å². The molecule has 0 aromatic rings. The van der Waals surface area contributed by atoms with Crippen molar-refractivity contribution in [1.29, 1.82) is 0 Å². The molecular weight excluding hydrogens is 132 g/mol. The quantitative estimate of drug-likeness (QED) is 0.538. The van der Waals surface area contributed by atoms with E-state index in [4.69, 9.17) is 0 Å². The summed E-state index contributed by atoms with van der Waals surface area (Å²) in [5.74, 6) is 2.19. The van der Waals surface area contributed by atoms with Crippen LogP contribution in [0.1, 0.15) is 52.4 Å². The molecule has 3 atom stereocenters. The molecule has 2 rings (SSSR count). The molecule has 2 saturated carbocycles. The molecule has 0 saturated heterocycles. The third-order valence-corrected chi connectivity index (χ3v) is 4.09. The maximum absolute atomic E-state index is 2.50. The van der Waals surface area contributed by atoms with Crippen LogP contribution in [-0.2, 0) is 0 Å². The zero-order chi connectivity index (χ0) is 7.90. The second-order valence-corrected chi connectivity index (χ2v) is 4.96. The molecule has 0 aromatic carbocycles. The van der Waals surface area contributed by atoms with Gasteiger partial charge in [-0.3, -0.25) is 0 Å². The highest BCUT2D eigenvalue weighted by atomic mass is 14.6. The van der Waals surface area contributed by atoms with Crippen molar-refractivity contribution < 1.29 is 0 Å². The van der Waals surface area contributed by atoms with E-state index in [0.29, 0.717) is 0 Å². The highest BCUT2D eigenvalue weighted by Crippen LogP contribution is 2.60. The summed E-state index contributed by atoms with van der Waals surface area (Å²) in [6, 6.07) is 0. The Labute approximate surface area is 70.4 Å². The molecule has 2 aliphatic rings. The summed E-state index contributed by atoms with van der Waals surface area (Å²) in [6.07, 6.45) is 9.06. The van der Waals surface area contributed by atoms with E-state index in [-0.39, 0.29) is 0 Å². The predicted molar refractivity (Wildman–Crippen MR) is 48.5 cm³/mol. The maximum Gasteiger partial charge on any atom is -0.0294 e. The summed E-state index contributed by atoms with van der Waals surface area (Å²) in [5, 5.41) is 0. The van der Waals surface area contributed by atoms with Gasteiger partial charge in [0, 0.05) is 0 Å². The number of hydrogen-bond acceptors (Lipinski definition) is 0. The minimum absolute atomic E-state index is 0.809. The van der Waals surface area contributed by atoms with E-state index in [1.807, 2.05) is 0 Å². The number of fused-ring (bicyclic) bond motifs is 1. The average molecular weight is 152 g/mol. The minimum atomic E-state index is 0.809. The Morgan fingerprint density at radius 3 is 3.00 bits per heavy atom. The monoisotopic (exact) mass is 152 g/mol. The first-order valence-corrected chi connectivity index (χ1v) is 5.24. The SMILES string of the molecule is CCC1CCCC2(C)CC2C1. The van der Waals surface area contributed by atoms with Crippen molar-refractivity contribution in [2.75, 3.05) is 0 Å². The van der Waals surface area contributed by atoms with E-state index < -0.39 is 0 Å². The fourth-order valence-corrected chi connectivity index (χ4v) is 2.86. The van der Waals surface area contributed by atoms with E-state index >= 15 is 0 Å². The average Bonchev–Trinajstić information content (AvgIpc) is 2.59. The van der Waals surface area contributed by atoms with Crippen LogP contribution >= 0.6 is 0 Å². The van der Waals surface area contributed by atoms with Crippen LogP contribution < -0.4 is 0 Å². The Bertz CT molecular complexity index is 150. The van der Waals surface area contributed by atoms with Gasteiger partial charge in [0.1, 0.15) is 0 Å². The Morgan fingerprint density at radius 1 is 1.45 bits per heavy atom.